The van der Waals surface area contributed by atoms with Crippen LogP contribution in [-0.4, -0.2) is 24.1 Å². The van der Waals surface area contributed by atoms with Crippen molar-refractivity contribution in [2.75, 3.05) is 0 Å². The topological polar surface area (TPSA) is 48.0 Å². The first-order valence-electron chi connectivity index (χ1n) is 7.68. The molecular formula is C18H16FN5. The molecule has 0 aliphatic rings. The lowest BCUT2D eigenvalue weighted by Gasteiger charge is -2.06. The molecule has 4 aromatic rings. The first-order valence-corrected chi connectivity index (χ1v) is 7.68. The van der Waals surface area contributed by atoms with E-state index in [0.29, 0.717) is 12.1 Å². The van der Waals surface area contributed by atoms with Gasteiger partial charge in [0.25, 0.3) is 0 Å². The van der Waals surface area contributed by atoms with Crippen molar-refractivity contribution in [3.63, 3.8) is 0 Å². The van der Waals surface area contributed by atoms with E-state index >= 15 is 0 Å². The summed E-state index contributed by atoms with van der Waals surface area (Å²) in [6, 6.07) is 11.3. The zero-order chi connectivity index (χ0) is 16.7. The minimum absolute atomic E-state index is 0.297. The van der Waals surface area contributed by atoms with Crippen LogP contribution in [-0.2, 0) is 13.5 Å². The average Bonchev–Trinajstić information content (AvgIpc) is 3.13. The van der Waals surface area contributed by atoms with Crippen LogP contribution in [0.3, 0.4) is 0 Å². The van der Waals surface area contributed by atoms with Gasteiger partial charge in [-0.2, -0.15) is 5.10 Å². The third-order valence-electron chi connectivity index (χ3n) is 4.14. The van der Waals surface area contributed by atoms with E-state index in [1.807, 2.05) is 38.2 Å². The van der Waals surface area contributed by atoms with Gasteiger partial charge in [-0.15, -0.1) is 0 Å². The summed E-state index contributed by atoms with van der Waals surface area (Å²) >= 11 is 0. The second kappa shape index (κ2) is 5.56. The zero-order valence-corrected chi connectivity index (χ0v) is 13.4. The first-order chi connectivity index (χ1) is 11.6. The van der Waals surface area contributed by atoms with Crippen molar-refractivity contribution >= 4 is 5.65 Å². The minimum Gasteiger partial charge on any atom is -0.300 e. The maximum Gasteiger partial charge on any atom is 0.139 e. The van der Waals surface area contributed by atoms with Crippen LogP contribution in [0.15, 0.2) is 48.9 Å². The number of benzene rings is 1. The Bertz CT molecular complexity index is 1010. The number of hydrogen-bond acceptors (Lipinski definition) is 3. The highest BCUT2D eigenvalue weighted by atomic mass is 19.1. The molecular weight excluding hydrogens is 305 g/mol. The van der Waals surface area contributed by atoms with Gasteiger partial charge < -0.3 is 4.40 Å². The molecule has 0 aliphatic carbocycles. The van der Waals surface area contributed by atoms with Gasteiger partial charge in [-0.3, -0.25) is 4.68 Å². The highest BCUT2D eigenvalue weighted by Crippen LogP contribution is 2.26. The van der Waals surface area contributed by atoms with Crippen molar-refractivity contribution in [2.24, 2.45) is 7.05 Å². The molecule has 0 radical (unpaired) electrons. The maximum absolute atomic E-state index is 13.8. The summed E-state index contributed by atoms with van der Waals surface area (Å²) in [6.45, 7) is 2.04. The van der Waals surface area contributed by atoms with Crippen LogP contribution in [0, 0.1) is 12.7 Å². The number of fused-ring (bicyclic) bond motifs is 1. The van der Waals surface area contributed by atoms with Gasteiger partial charge in [0.15, 0.2) is 0 Å². The van der Waals surface area contributed by atoms with Crippen LogP contribution in [0.1, 0.15) is 17.1 Å². The number of rotatable bonds is 3. The van der Waals surface area contributed by atoms with Crippen molar-refractivity contribution in [2.45, 2.75) is 13.3 Å². The monoisotopic (exact) mass is 321 g/mol. The van der Waals surface area contributed by atoms with Crippen molar-refractivity contribution in [1.82, 2.24) is 24.1 Å². The minimum atomic E-state index is -0.297. The number of aromatic nitrogens is 5. The van der Waals surface area contributed by atoms with Crippen LogP contribution in [0.5, 0.6) is 0 Å². The molecule has 1 aromatic carbocycles. The lowest BCUT2D eigenvalue weighted by molar-refractivity contribution is 0.617. The normalized spacial score (nSPS) is 11.3. The van der Waals surface area contributed by atoms with Crippen LogP contribution in [0.25, 0.3) is 16.9 Å². The van der Waals surface area contributed by atoms with Crippen LogP contribution in [0.4, 0.5) is 4.39 Å². The van der Waals surface area contributed by atoms with Gasteiger partial charge in [0.1, 0.15) is 23.6 Å². The Labute approximate surface area is 138 Å². The molecule has 0 bridgehead atoms. The fourth-order valence-corrected chi connectivity index (χ4v) is 2.81. The number of aryl methyl sites for hydroxylation is 2. The van der Waals surface area contributed by atoms with E-state index in [-0.39, 0.29) is 5.82 Å². The number of pyridine rings is 1. The van der Waals surface area contributed by atoms with Crippen LogP contribution >= 0.6 is 0 Å². The van der Waals surface area contributed by atoms with Crippen molar-refractivity contribution < 1.29 is 4.39 Å². The number of nitrogens with zero attached hydrogens (tertiary/aromatic N) is 5. The molecule has 5 nitrogen and oxygen atoms in total. The van der Waals surface area contributed by atoms with Gasteiger partial charge in [-0.05, 0) is 19.1 Å². The second-order valence-corrected chi connectivity index (χ2v) is 5.83. The maximum atomic E-state index is 13.8. The van der Waals surface area contributed by atoms with Gasteiger partial charge in [-0.25, -0.2) is 14.4 Å². The molecule has 0 saturated carbocycles. The van der Waals surface area contributed by atoms with Gasteiger partial charge in [0, 0.05) is 18.8 Å². The van der Waals surface area contributed by atoms with E-state index in [9.17, 15) is 4.39 Å². The van der Waals surface area contributed by atoms with E-state index in [1.54, 1.807) is 15.1 Å². The number of hydrogen-bond donors (Lipinski definition) is 0. The molecule has 24 heavy (non-hydrogen) atoms. The quantitative estimate of drug-likeness (QED) is 0.582. The van der Waals surface area contributed by atoms with Gasteiger partial charge in [-0.1, -0.05) is 29.8 Å². The van der Waals surface area contributed by atoms with E-state index in [0.717, 1.165) is 22.8 Å². The SMILES string of the molecule is Cc1ccc(-c2nc3ccc(F)cn3c2Cc2ncnn2C)cc1. The van der Waals surface area contributed by atoms with Crippen molar-refractivity contribution in [1.29, 1.82) is 0 Å². The van der Waals surface area contributed by atoms with E-state index in [2.05, 4.69) is 10.1 Å². The average molecular weight is 321 g/mol. The summed E-state index contributed by atoms with van der Waals surface area (Å²) < 4.78 is 17.3. The molecule has 6 heteroatoms. The summed E-state index contributed by atoms with van der Waals surface area (Å²) in [5.74, 6) is 0.504. The van der Waals surface area contributed by atoms with Crippen LogP contribution < -0.4 is 0 Å². The second-order valence-electron chi connectivity index (χ2n) is 5.83. The zero-order valence-electron chi connectivity index (χ0n) is 13.4. The van der Waals surface area contributed by atoms with Gasteiger partial charge >= 0.3 is 0 Å². The summed E-state index contributed by atoms with van der Waals surface area (Å²) in [7, 11) is 1.84. The summed E-state index contributed by atoms with van der Waals surface area (Å²) in [4.78, 5) is 8.99. The molecule has 0 saturated heterocycles. The molecule has 3 heterocycles. The Morgan fingerprint density at radius 2 is 1.88 bits per heavy atom. The Morgan fingerprint density at radius 3 is 2.58 bits per heavy atom. The lowest BCUT2D eigenvalue weighted by atomic mass is 10.1. The number of halogens is 1. The molecule has 0 aliphatic heterocycles. The van der Waals surface area contributed by atoms with E-state index < -0.39 is 0 Å². The molecule has 0 N–H and O–H groups in total. The smallest absolute Gasteiger partial charge is 0.139 e. The molecule has 0 amide bonds. The van der Waals surface area contributed by atoms with E-state index in [1.165, 1.54) is 24.2 Å². The Kier molecular flexibility index (Phi) is 3.37. The van der Waals surface area contributed by atoms with Crippen LogP contribution in [0.2, 0.25) is 0 Å². The van der Waals surface area contributed by atoms with Gasteiger partial charge in [0.05, 0.1) is 17.8 Å². The summed E-state index contributed by atoms with van der Waals surface area (Å²) in [5, 5.41) is 4.11. The number of imidazole rings is 1. The highest BCUT2D eigenvalue weighted by molar-refractivity contribution is 5.67. The Balaban J connectivity index is 1.93. The lowest BCUT2D eigenvalue weighted by Crippen LogP contribution is -2.04. The predicted molar refractivity (Wildman–Crippen MR) is 89.1 cm³/mol. The summed E-state index contributed by atoms with van der Waals surface area (Å²) in [5.41, 5.74) is 4.63. The fraction of sp³-hybridized carbons (Fsp3) is 0.167. The standard InChI is InChI=1S/C18H16FN5/c1-12-3-5-13(6-4-12)18-15(9-17-20-11-21-23(17)2)24-10-14(19)7-8-16(24)22-18/h3-8,10-11H,9H2,1-2H3. The third kappa shape index (κ3) is 2.46. The summed E-state index contributed by atoms with van der Waals surface area (Å²) in [6.07, 6.45) is 3.50. The Hall–Kier alpha value is -3.02. The highest BCUT2D eigenvalue weighted by Gasteiger charge is 2.17. The molecule has 4 rings (SSSR count). The molecule has 0 fully saturated rings. The molecule has 0 atom stereocenters. The Morgan fingerprint density at radius 1 is 1.08 bits per heavy atom. The largest absolute Gasteiger partial charge is 0.300 e. The molecule has 0 unspecified atom stereocenters. The molecule has 0 spiro atoms. The predicted octanol–water partition coefficient (Wildman–Crippen LogP) is 3.17. The van der Waals surface area contributed by atoms with E-state index in [4.69, 9.17) is 4.98 Å². The van der Waals surface area contributed by atoms with Crippen molar-refractivity contribution in [3.05, 3.63) is 71.8 Å². The molecule has 120 valence electrons. The first kappa shape index (κ1) is 14.6. The third-order valence-corrected chi connectivity index (χ3v) is 4.14. The fourth-order valence-electron chi connectivity index (χ4n) is 2.81. The van der Waals surface area contributed by atoms with Gasteiger partial charge in [0.2, 0.25) is 0 Å². The van der Waals surface area contributed by atoms with Crippen molar-refractivity contribution in [3.8, 4) is 11.3 Å². The molecule has 3 aromatic heterocycles.